The van der Waals surface area contributed by atoms with Crippen molar-refractivity contribution in [2.75, 3.05) is 24.3 Å². The maximum absolute atomic E-state index is 13.4. The van der Waals surface area contributed by atoms with Crippen LogP contribution in [0.2, 0.25) is 0 Å². The summed E-state index contributed by atoms with van der Waals surface area (Å²) in [5.74, 6) is -0.220. The second-order valence-electron chi connectivity index (χ2n) is 4.35. The Kier molecular flexibility index (Phi) is 4.34. The molecule has 2 rings (SSSR count). The molecule has 1 aromatic heterocycles. The van der Waals surface area contributed by atoms with Crippen LogP contribution in [-0.4, -0.2) is 25.0 Å². The van der Waals surface area contributed by atoms with Crippen LogP contribution in [0.3, 0.4) is 0 Å². The minimum atomic E-state index is -0.475. The molecule has 0 bridgehead atoms. The number of hydrogen-bond donors (Lipinski definition) is 1. The van der Waals surface area contributed by atoms with E-state index in [-0.39, 0.29) is 11.5 Å². The van der Waals surface area contributed by atoms with E-state index in [1.807, 2.05) is 14.1 Å². The van der Waals surface area contributed by atoms with Crippen LogP contribution >= 0.6 is 15.9 Å². The zero-order valence-electron chi connectivity index (χ0n) is 11.0. The average molecular weight is 338 g/mol. The fourth-order valence-electron chi connectivity index (χ4n) is 1.68. The highest BCUT2D eigenvalue weighted by Crippen LogP contribution is 2.22. The summed E-state index contributed by atoms with van der Waals surface area (Å²) >= 11 is 3.05. The van der Waals surface area contributed by atoms with Crippen LogP contribution in [0.1, 0.15) is 10.4 Å². The van der Waals surface area contributed by atoms with Gasteiger partial charge in [0.1, 0.15) is 5.82 Å². The molecule has 1 heterocycles. The molecule has 20 heavy (non-hydrogen) atoms. The van der Waals surface area contributed by atoms with E-state index in [1.54, 1.807) is 29.3 Å². The lowest BCUT2D eigenvalue weighted by Crippen LogP contribution is -2.17. The topological polar surface area (TPSA) is 45.2 Å². The maximum atomic E-state index is 13.4. The molecule has 1 aromatic carbocycles. The number of benzene rings is 1. The first-order chi connectivity index (χ1) is 9.49. The molecule has 1 N–H and O–H groups in total. The summed E-state index contributed by atoms with van der Waals surface area (Å²) in [7, 11) is 3.66. The standard InChI is InChI=1S/C14H13BrFN3O/c1-19(2)13-12(4-3-7-17-13)18-14(20)9-5-6-10(15)11(16)8-9/h3-8H,1-2H3,(H,18,20). The molecule has 0 aliphatic rings. The Hall–Kier alpha value is -1.95. The lowest BCUT2D eigenvalue weighted by Gasteiger charge is -2.16. The third-order valence-electron chi connectivity index (χ3n) is 2.64. The molecule has 104 valence electrons. The van der Waals surface area contributed by atoms with E-state index < -0.39 is 5.82 Å². The number of anilines is 2. The molecule has 6 heteroatoms. The number of hydrogen-bond acceptors (Lipinski definition) is 3. The zero-order valence-corrected chi connectivity index (χ0v) is 12.6. The molecule has 0 fully saturated rings. The monoisotopic (exact) mass is 337 g/mol. The third kappa shape index (κ3) is 3.14. The summed E-state index contributed by atoms with van der Waals surface area (Å²) in [5, 5.41) is 2.73. The number of halogens is 2. The fourth-order valence-corrected chi connectivity index (χ4v) is 1.93. The van der Waals surface area contributed by atoms with Gasteiger partial charge >= 0.3 is 0 Å². The van der Waals surface area contributed by atoms with E-state index in [9.17, 15) is 9.18 Å². The summed E-state index contributed by atoms with van der Waals surface area (Å²) in [6.45, 7) is 0. The molecule has 1 amide bonds. The van der Waals surface area contributed by atoms with Crippen molar-refractivity contribution in [2.24, 2.45) is 0 Å². The third-order valence-corrected chi connectivity index (χ3v) is 3.28. The van der Waals surface area contributed by atoms with E-state index in [4.69, 9.17) is 0 Å². The molecule has 4 nitrogen and oxygen atoms in total. The van der Waals surface area contributed by atoms with Gasteiger partial charge in [0.2, 0.25) is 0 Å². The second-order valence-corrected chi connectivity index (χ2v) is 5.21. The van der Waals surface area contributed by atoms with E-state index in [0.29, 0.717) is 16.0 Å². The van der Waals surface area contributed by atoms with E-state index in [0.717, 1.165) is 0 Å². The van der Waals surface area contributed by atoms with Gasteiger partial charge < -0.3 is 10.2 Å². The Morgan fingerprint density at radius 3 is 2.75 bits per heavy atom. The van der Waals surface area contributed by atoms with Crippen molar-refractivity contribution in [3.63, 3.8) is 0 Å². The molecule has 0 saturated heterocycles. The van der Waals surface area contributed by atoms with Crippen LogP contribution in [0.5, 0.6) is 0 Å². The Morgan fingerprint density at radius 2 is 2.10 bits per heavy atom. The van der Waals surface area contributed by atoms with E-state index in [2.05, 4.69) is 26.2 Å². The number of nitrogens with one attached hydrogen (secondary N) is 1. The highest BCUT2D eigenvalue weighted by Gasteiger charge is 2.12. The van der Waals surface area contributed by atoms with Gasteiger partial charge in [-0.25, -0.2) is 9.37 Å². The lowest BCUT2D eigenvalue weighted by molar-refractivity contribution is 0.102. The van der Waals surface area contributed by atoms with Crippen LogP contribution in [-0.2, 0) is 0 Å². The number of rotatable bonds is 3. The largest absolute Gasteiger partial charge is 0.361 e. The Morgan fingerprint density at radius 1 is 1.35 bits per heavy atom. The number of nitrogens with zero attached hydrogens (tertiary/aromatic N) is 2. The predicted octanol–water partition coefficient (Wildman–Crippen LogP) is 3.30. The molecule has 0 atom stereocenters. The highest BCUT2D eigenvalue weighted by molar-refractivity contribution is 9.10. The smallest absolute Gasteiger partial charge is 0.255 e. The number of pyridine rings is 1. The molecular weight excluding hydrogens is 325 g/mol. The predicted molar refractivity (Wildman–Crippen MR) is 80.6 cm³/mol. The SMILES string of the molecule is CN(C)c1ncccc1NC(=O)c1ccc(Br)c(F)c1. The van der Waals surface area contributed by atoms with Crippen molar-refractivity contribution in [1.82, 2.24) is 4.98 Å². The van der Waals surface area contributed by atoms with Gasteiger partial charge in [0.25, 0.3) is 5.91 Å². The minimum Gasteiger partial charge on any atom is -0.361 e. The molecule has 0 saturated carbocycles. The molecular formula is C14H13BrFN3O. The van der Waals surface area contributed by atoms with Crippen LogP contribution in [0.4, 0.5) is 15.9 Å². The summed E-state index contributed by atoms with van der Waals surface area (Å²) in [5.41, 5.74) is 0.824. The molecule has 0 aliphatic carbocycles. The zero-order chi connectivity index (χ0) is 14.7. The summed E-state index contributed by atoms with van der Waals surface area (Å²) in [4.78, 5) is 18.1. The minimum absolute atomic E-state index is 0.249. The van der Waals surface area contributed by atoms with Crippen LogP contribution < -0.4 is 10.2 Å². The van der Waals surface area contributed by atoms with Gasteiger partial charge in [-0.05, 0) is 46.3 Å². The van der Waals surface area contributed by atoms with Gasteiger partial charge in [0.05, 0.1) is 10.2 Å². The van der Waals surface area contributed by atoms with Crippen molar-refractivity contribution in [1.29, 1.82) is 0 Å². The number of amides is 1. The highest BCUT2D eigenvalue weighted by atomic mass is 79.9. The second kappa shape index (κ2) is 6.00. The first kappa shape index (κ1) is 14.5. The number of carbonyl (C=O) groups is 1. The normalized spacial score (nSPS) is 10.2. The molecule has 0 unspecified atom stereocenters. The molecule has 0 spiro atoms. The molecule has 2 aromatic rings. The van der Waals surface area contributed by atoms with Crippen molar-refractivity contribution in [2.45, 2.75) is 0 Å². The number of aromatic nitrogens is 1. The summed E-state index contributed by atoms with van der Waals surface area (Å²) < 4.78 is 13.8. The van der Waals surface area contributed by atoms with Gasteiger partial charge in [-0.2, -0.15) is 0 Å². The Labute approximate surface area is 124 Å². The Bertz CT molecular complexity index is 646. The lowest BCUT2D eigenvalue weighted by atomic mass is 10.2. The number of carbonyl (C=O) groups excluding carboxylic acids is 1. The van der Waals surface area contributed by atoms with Gasteiger partial charge in [-0.1, -0.05) is 0 Å². The Balaban J connectivity index is 2.26. The fraction of sp³-hybridized carbons (Fsp3) is 0.143. The van der Waals surface area contributed by atoms with E-state index >= 15 is 0 Å². The van der Waals surface area contributed by atoms with Gasteiger partial charge in [0, 0.05) is 25.9 Å². The van der Waals surface area contributed by atoms with Crippen LogP contribution in [0, 0.1) is 5.82 Å². The van der Waals surface area contributed by atoms with Gasteiger partial charge in [0.15, 0.2) is 5.82 Å². The van der Waals surface area contributed by atoms with E-state index in [1.165, 1.54) is 12.1 Å². The van der Waals surface area contributed by atoms with Crippen molar-refractivity contribution in [3.05, 3.63) is 52.4 Å². The van der Waals surface area contributed by atoms with Gasteiger partial charge in [-0.15, -0.1) is 0 Å². The van der Waals surface area contributed by atoms with Gasteiger partial charge in [-0.3, -0.25) is 4.79 Å². The summed E-state index contributed by atoms with van der Waals surface area (Å²) in [6, 6.07) is 7.71. The van der Waals surface area contributed by atoms with Crippen LogP contribution in [0.25, 0.3) is 0 Å². The van der Waals surface area contributed by atoms with Crippen molar-refractivity contribution < 1.29 is 9.18 Å². The van der Waals surface area contributed by atoms with Crippen LogP contribution in [0.15, 0.2) is 41.0 Å². The summed E-state index contributed by atoms with van der Waals surface area (Å²) in [6.07, 6.45) is 1.64. The first-order valence-corrected chi connectivity index (χ1v) is 6.67. The van der Waals surface area contributed by atoms with Crippen molar-refractivity contribution >= 4 is 33.3 Å². The average Bonchev–Trinajstić information content (AvgIpc) is 2.42. The maximum Gasteiger partial charge on any atom is 0.255 e. The van der Waals surface area contributed by atoms with Crippen molar-refractivity contribution in [3.8, 4) is 0 Å². The quantitative estimate of drug-likeness (QED) is 0.934. The molecule has 0 radical (unpaired) electrons. The first-order valence-electron chi connectivity index (χ1n) is 5.88. The molecule has 0 aliphatic heterocycles.